The average molecular weight is 532 g/mol. The van der Waals surface area contributed by atoms with E-state index in [1.165, 1.54) is 30.4 Å². The second kappa shape index (κ2) is 10.8. The first-order valence-corrected chi connectivity index (χ1v) is 11.5. The van der Waals surface area contributed by atoms with Gasteiger partial charge in [-0.15, -0.1) is 11.6 Å². The number of carbonyl (C=O) groups excluding carboxylic acids is 3. The third-order valence-corrected chi connectivity index (χ3v) is 5.89. The largest absolute Gasteiger partial charge is 0.416 e. The van der Waals surface area contributed by atoms with Crippen molar-refractivity contribution in [1.82, 2.24) is 25.3 Å². The Morgan fingerprint density at radius 2 is 1.83 bits per heavy atom. The Labute approximate surface area is 209 Å². The molecule has 1 aromatic heterocycles. The number of rotatable bonds is 7. The van der Waals surface area contributed by atoms with E-state index < -0.39 is 35.5 Å². The molecule has 1 saturated carbocycles. The first-order valence-electron chi connectivity index (χ1n) is 10.6. The molecule has 1 atom stereocenters. The van der Waals surface area contributed by atoms with Crippen LogP contribution in [0.2, 0.25) is 5.02 Å². The number of nitrogens with one attached hydrogen (secondary N) is 1. The maximum Gasteiger partial charge on any atom is 0.416 e. The van der Waals surface area contributed by atoms with Gasteiger partial charge in [0.05, 0.1) is 17.3 Å². The van der Waals surface area contributed by atoms with Crippen molar-refractivity contribution in [3.8, 4) is 0 Å². The summed E-state index contributed by atoms with van der Waals surface area (Å²) in [5.74, 6) is -2.20. The zero-order chi connectivity index (χ0) is 25.9. The highest BCUT2D eigenvalue weighted by atomic mass is 35.5. The fraction of sp³-hybridized carbons (Fsp3) is 0.409. The number of carbonyl (C=O) groups is 3. The Bertz CT molecular complexity index is 1130. The van der Waals surface area contributed by atoms with Gasteiger partial charge < -0.3 is 4.90 Å². The van der Waals surface area contributed by atoms with E-state index in [2.05, 4.69) is 15.4 Å². The highest BCUT2D eigenvalue weighted by Crippen LogP contribution is 2.36. The highest BCUT2D eigenvalue weighted by molar-refractivity contribution is 6.31. The van der Waals surface area contributed by atoms with E-state index in [9.17, 15) is 27.6 Å². The number of nitrogens with zero attached hydrogens (tertiary/aromatic N) is 4. The lowest BCUT2D eigenvalue weighted by molar-refractivity contribution is -0.137. The molecule has 188 valence electrons. The maximum absolute atomic E-state index is 13.4. The van der Waals surface area contributed by atoms with E-state index in [0.29, 0.717) is 0 Å². The minimum atomic E-state index is -4.68. The molecule has 1 aliphatic rings. The van der Waals surface area contributed by atoms with Crippen LogP contribution >= 0.6 is 23.2 Å². The first-order chi connectivity index (χ1) is 16.4. The van der Waals surface area contributed by atoms with Gasteiger partial charge in [-0.1, -0.05) is 11.6 Å². The SMILES string of the molecule is CC(c1nccnc1C(=O)NN(C)C(=O)CCl)N(CC1CC1)C(=O)c1cc(Cl)cc(C(F)(F)F)c1. The molecule has 1 heterocycles. The predicted octanol–water partition coefficient (Wildman–Crippen LogP) is 4.10. The number of aromatic nitrogens is 2. The molecular formula is C22H22Cl2F3N5O3. The van der Waals surface area contributed by atoms with Crippen LogP contribution in [0.25, 0.3) is 0 Å². The van der Waals surface area contributed by atoms with Crippen LogP contribution in [0, 0.1) is 5.92 Å². The smallest absolute Gasteiger partial charge is 0.330 e. The molecular weight excluding hydrogens is 510 g/mol. The Morgan fingerprint density at radius 1 is 1.17 bits per heavy atom. The molecule has 0 aliphatic heterocycles. The van der Waals surface area contributed by atoms with Crippen molar-refractivity contribution < 1.29 is 27.6 Å². The van der Waals surface area contributed by atoms with Gasteiger partial charge in [-0.3, -0.25) is 29.8 Å². The fourth-order valence-corrected chi connectivity index (χ4v) is 3.79. The number of alkyl halides is 4. The highest BCUT2D eigenvalue weighted by Gasteiger charge is 2.36. The van der Waals surface area contributed by atoms with Crippen LogP contribution in [-0.2, 0) is 11.0 Å². The molecule has 0 radical (unpaired) electrons. The van der Waals surface area contributed by atoms with E-state index in [1.54, 1.807) is 6.92 Å². The Balaban J connectivity index is 1.95. The van der Waals surface area contributed by atoms with Crippen molar-refractivity contribution in [2.24, 2.45) is 5.92 Å². The van der Waals surface area contributed by atoms with Crippen molar-refractivity contribution >= 4 is 40.9 Å². The van der Waals surface area contributed by atoms with E-state index in [-0.39, 0.29) is 40.3 Å². The van der Waals surface area contributed by atoms with Gasteiger partial charge in [-0.2, -0.15) is 13.2 Å². The van der Waals surface area contributed by atoms with Crippen molar-refractivity contribution in [2.75, 3.05) is 19.5 Å². The Morgan fingerprint density at radius 3 is 2.43 bits per heavy atom. The first kappa shape index (κ1) is 26.7. The molecule has 0 spiro atoms. The van der Waals surface area contributed by atoms with Gasteiger partial charge >= 0.3 is 6.18 Å². The molecule has 35 heavy (non-hydrogen) atoms. The summed E-state index contributed by atoms with van der Waals surface area (Å²) >= 11 is 11.4. The topological polar surface area (TPSA) is 95.5 Å². The number of benzene rings is 1. The summed E-state index contributed by atoms with van der Waals surface area (Å²) in [6.07, 6.45) is -0.362. The molecule has 3 rings (SSSR count). The molecule has 8 nitrogen and oxygen atoms in total. The number of hydrazine groups is 1. The lowest BCUT2D eigenvalue weighted by Gasteiger charge is -2.30. The van der Waals surface area contributed by atoms with Gasteiger partial charge in [0.25, 0.3) is 17.7 Å². The molecule has 1 aliphatic carbocycles. The number of hydrogen-bond donors (Lipinski definition) is 1. The van der Waals surface area contributed by atoms with Gasteiger partial charge in [0.15, 0.2) is 5.69 Å². The molecule has 0 saturated heterocycles. The molecule has 13 heteroatoms. The van der Waals surface area contributed by atoms with Crippen LogP contribution in [-0.4, -0.2) is 57.1 Å². The predicted molar refractivity (Wildman–Crippen MR) is 122 cm³/mol. The van der Waals surface area contributed by atoms with Crippen molar-refractivity contribution in [3.05, 3.63) is 58.1 Å². The van der Waals surface area contributed by atoms with Gasteiger partial charge in [0.1, 0.15) is 5.88 Å². The van der Waals surface area contributed by atoms with Crippen LogP contribution in [0.4, 0.5) is 13.2 Å². The van der Waals surface area contributed by atoms with Gasteiger partial charge in [-0.05, 0) is 43.9 Å². The molecule has 3 amide bonds. The van der Waals surface area contributed by atoms with Gasteiger partial charge in [0, 0.05) is 36.6 Å². The van der Waals surface area contributed by atoms with Crippen LogP contribution < -0.4 is 5.43 Å². The second-order valence-corrected chi connectivity index (χ2v) is 8.82. The van der Waals surface area contributed by atoms with Crippen molar-refractivity contribution in [2.45, 2.75) is 32.0 Å². The van der Waals surface area contributed by atoms with E-state index in [1.807, 2.05) is 0 Å². The molecule has 1 N–H and O–H groups in total. The van der Waals surface area contributed by atoms with Crippen molar-refractivity contribution in [3.63, 3.8) is 0 Å². The monoisotopic (exact) mass is 531 g/mol. The van der Waals surface area contributed by atoms with Crippen LogP contribution in [0.3, 0.4) is 0 Å². The van der Waals surface area contributed by atoms with Gasteiger partial charge in [-0.25, -0.2) is 4.98 Å². The average Bonchev–Trinajstić information content (AvgIpc) is 3.64. The van der Waals surface area contributed by atoms with Gasteiger partial charge in [0.2, 0.25) is 0 Å². The molecule has 1 aromatic carbocycles. The summed E-state index contributed by atoms with van der Waals surface area (Å²) in [5, 5.41) is 0.671. The lowest BCUT2D eigenvalue weighted by Crippen LogP contribution is -2.45. The fourth-order valence-electron chi connectivity index (χ4n) is 3.37. The third kappa shape index (κ3) is 6.61. The molecule has 1 unspecified atom stereocenters. The lowest BCUT2D eigenvalue weighted by atomic mass is 10.1. The summed E-state index contributed by atoms with van der Waals surface area (Å²) in [5.41, 5.74) is 1.03. The third-order valence-electron chi connectivity index (χ3n) is 5.45. The maximum atomic E-state index is 13.4. The van der Waals surface area contributed by atoms with E-state index in [4.69, 9.17) is 23.2 Å². The summed E-state index contributed by atoms with van der Waals surface area (Å²) in [6.45, 7) is 1.85. The molecule has 2 aromatic rings. The minimum absolute atomic E-state index is 0.115. The van der Waals surface area contributed by atoms with Crippen LogP contribution in [0.5, 0.6) is 0 Å². The molecule has 0 bridgehead atoms. The van der Waals surface area contributed by atoms with Crippen LogP contribution in [0.15, 0.2) is 30.6 Å². The van der Waals surface area contributed by atoms with Crippen LogP contribution in [0.1, 0.15) is 57.9 Å². The van der Waals surface area contributed by atoms with E-state index in [0.717, 1.165) is 30.0 Å². The van der Waals surface area contributed by atoms with E-state index >= 15 is 0 Å². The minimum Gasteiger partial charge on any atom is -0.330 e. The Hall–Kier alpha value is -2.92. The number of halogens is 5. The molecule has 1 fully saturated rings. The quantitative estimate of drug-likeness (QED) is 0.428. The summed E-state index contributed by atoms with van der Waals surface area (Å²) in [6, 6.07) is 1.83. The normalized spacial score (nSPS) is 14.3. The number of hydrogen-bond acceptors (Lipinski definition) is 5. The second-order valence-electron chi connectivity index (χ2n) is 8.12. The Kier molecular flexibility index (Phi) is 8.22. The summed E-state index contributed by atoms with van der Waals surface area (Å²) in [4.78, 5) is 47.6. The zero-order valence-electron chi connectivity index (χ0n) is 18.8. The zero-order valence-corrected chi connectivity index (χ0v) is 20.3. The number of amides is 3. The summed E-state index contributed by atoms with van der Waals surface area (Å²) in [7, 11) is 1.31. The standard InChI is InChI=1S/C22H22Cl2F3N5O3/c1-12(18-19(29-6-5-28-18)20(34)30-31(2)17(33)10-23)32(11-13-3-4-13)21(35)14-7-15(22(25,26)27)9-16(24)8-14/h5-9,12-13H,3-4,10-11H2,1-2H3,(H,30,34). The summed E-state index contributed by atoms with van der Waals surface area (Å²) < 4.78 is 39.9. The van der Waals surface area contributed by atoms with Crippen molar-refractivity contribution in [1.29, 1.82) is 0 Å².